The molecular weight excluding hydrogens is 337 g/mol. The summed E-state index contributed by atoms with van der Waals surface area (Å²) in [6.07, 6.45) is 1.92. The number of aliphatic hydroxyl groups is 1. The average molecular weight is 352 g/mol. The zero-order valence-corrected chi connectivity index (χ0v) is 12.6. The van der Waals surface area contributed by atoms with Gasteiger partial charge in [-0.3, -0.25) is 0 Å². The van der Waals surface area contributed by atoms with E-state index in [0.717, 1.165) is 18.9 Å². The summed E-state index contributed by atoms with van der Waals surface area (Å²) >= 11 is 3.00. The van der Waals surface area contributed by atoms with Crippen LogP contribution in [0.1, 0.15) is 19.3 Å². The molecule has 1 aromatic rings. The molecule has 4 nitrogen and oxygen atoms in total. The van der Waals surface area contributed by atoms with E-state index in [9.17, 15) is 12.8 Å². The monoisotopic (exact) mass is 351 g/mol. The molecule has 0 aliphatic carbocycles. The highest BCUT2D eigenvalue weighted by atomic mass is 79.9. The second-order valence-corrected chi connectivity index (χ2v) is 7.24. The number of benzene rings is 1. The van der Waals surface area contributed by atoms with E-state index in [0.29, 0.717) is 13.0 Å². The van der Waals surface area contributed by atoms with Gasteiger partial charge in [-0.25, -0.2) is 12.8 Å². The fraction of sp³-hybridized carbons (Fsp3) is 0.500. The molecule has 0 saturated carbocycles. The van der Waals surface area contributed by atoms with Gasteiger partial charge in [-0.2, -0.15) is 4.31 Å². The summed E-state index contributed by atoms with van der Waals surface area (Å²) in [4.78, 5) is -0.0435. The topological polar surface area (TPSA) is 57.6 Å². The molecule has 1 atom stereocenters. The molecule has 1 fully saturated rings. The molecule has 1 aromatic carbocycles. The minimum atomic E-state index is -3.69. The van der Waals surface area contributed by atoms with Crippen LogP contribution in [-0.4, -0.2) is 37.0 Å². The van der Waals surface area contributed by atoms with Crippen LogP contribution in [0.2, 0.25) is 0 Å². The number of sulfonamides is 1. The first-order valence-electron chi connectivity index (χ1n) is 6.04. The fourth-order valence-corrected chi connectivity index (χ4v) is 4.32. The van der Waals surface area contributed by atoms with Crippen LogP contribution < -0.4 is 0 Å². The molecule has 0 spiro atoms. The van der Waals surface area contributed by atoms with E-state index in [-0.39, 0.29) is 22.0 Å². The predicted octanol–water partition coefficient (Wildman–Crippen LogP) is 2.12. The Morgan fingerprint density at radius 2 is 2.21 bits per heavy atom. The standard InChI is InChI=1S/C12H15BrFNO3S/c13-11-4-3-10(8-12(11)14)19(17,18)15-6-1-2-9(15)5-7-16/h3-4,8-9,16H,1-2,5-7H2. The fourth-order valence-electron chi connectivity index (χ4n) is 2.34. The molecular formula is C12H15BrFNO3S. The number of nitrogens with zero attached hydrogens (tertiary/aromatic N) is 1. The van der Waals surface area contributed by atoms with Crippen molar-refractivity contribution in [3.05, 3.63) is 28.5 Å². The second-order valence-electron chi connectivity index (χ2n) is 4.50. The summed E-state index contributed by atoms with van der Waals surface area (Å²) < 4.78 is 40.0. The van der Waals surface area contributed by atoms with E-state index >= 15 is 0 Å². The van der Waals surface area contributed by atoms with Crippen molar-refractivity contribution in [1.82, 2.24) is 4.31 Å². The lowest BCUT2D eigenvalue weighted by Gasteiger charge is -2.23. The number of rotatable bonds is 4. The van der Waals surface area contributed by atoms with Crippen LogP contribution in [0.15, 0.2) is 27.6 Å². The molecule has 1 saturated heterocycles. The van der Waals surface area contributed by atoms with Gasteiger partial charge >= 0.3 is 0 Å². The second kappa shape index (κ2) is 5.87. The summed E-state index contributed by atoms with van der Waals surface area (Å²) in [5.41, 5.74) is 0. The minimum absolute atomic E-state index is 0.0435. The molecule has 0 amide bonds. The van der Waals surface area contributed by atoms with Gasteiger partial charge in [-0.15, -0.1) is 0 Å². The van der Waals surface area contributed by atoms with E-state index in [2.05, 4.69) is 15.9 Å². The van der Waals surface area contributed by atoms with E-state index in [1.807, 2.05) is 0 Å². The molecule has 2 rings (SSSR count). The predicted molar refractivity (Wildman–Crippen MR) is 72.7 cm³/mol. The SMILES string of the molecule is O=S(=O)(c1ccc(Br)c(F)c1)N1CCCC1CCO. The Labute approximate surface area is 120 Å². The lowest BCUT2D eigenvalue weighted by atomic mass is 10.2. The van der Waals surface area contributed by atoms with Gasteiger partial charge in [0.05, 0.1) is 9.37 Å². The van der Waals surface area contributed by atoms with Crippen LogP contribution in [0.25, 0.3) is 0 Å². The highest BCUT2D eigenvalue weighted by Crippen LogP contribution is 2.29. The summed E-state index contributed by atoms with van der Waals surface area (Å²) in [6, 6.07) is 3.60. The lowest BCUT2D eigenvalue weighted by molar-refractivity contribution is 0.246. The normalized spacial score (nSPS) is 20.9. The third-order valence-corrected chi connectivity index (χ3v) is 5.87. The van der Waals surface area contributed by atoms with Crippen LogP contribution in [0.4, 0.5) is 4.39 Å². The molecule has 7 heteroatoms. The van der Waals surface area contributed by atoms with E-state index in [1.54, 1.807) is 0 Å². The molecule has 0 bridgehead atoms. The number of hydrogen-bond acceptors (Lipinski definition) is 3. The maximum Gasteiger partial charge on any atom is 0.243 e. The first-order valence-corrected chi connectivity index (χ1v) is 8.28. The highest BCUT2D eigenvalue weighted by Gasteiger charge is 2.35. The van der Waals surface area contributed by atoms with Gasteiger partial charge in [-0.05, 0) is 53.4 Å². The van der Waals surface area contributed by atoms with Crippen molar-refractivity contribution in [2.24, 2.45) is 0 Å². The summed E-state index contributed by atoms with van der Waals surface area (Å²) in [5.74, 6) is -0.598. The Morgan fingerprint density at radius 1 is 1.47 bits per heavy atom. The van der Waals surface area contributed by atoms with E-state index in [1.165, 1.54) is 16.4 Å². The Morgan fingerprint density at radius 3 is 2.84 bits per heavy atom. The molecule has 1 heterocycles. The van der Waals surface area contributed by atoms with Gasteiger partial charge in [-0.1, -0.05) is 0 Å². The van der Waals surface area contributed by atoms with Crippen molar-refractivity contribution >= 4 is 26.0 Å². The average Bonchev–Trinajstić information content (AvgIpc) is 2.82. The van der Waals surface area contributed by atoms with Crippen LogP contribution in [0.3, 0.4) is 0 Å². The molecule has 1 aliphatic rings. The third-order valence-electron chi connectivity index (χ3n) is 3.28. The Balaban J connectivity index is 2.33. The minimum Gasteiger partial charge on any atom is -0.396 e. The van der Waals surface area contributed by atoms with Gasteiger partial charge in [0.2, 0.25) is 10.0 Å². The van der Waals surface area contributed by atoms with Gasteiger partial charge in [0.25, 0.3) is 0 Å². The van der Waals surface area contributed by atoms with Crippen LogP contribution in [0.5, 0.6) is 0 Å². The maximum absolute atomic E-state index is 13.5. The van der Waals surface area contributed by atoms with E-state index in [4.69, 9.17) is 5.11 Å². The number of halogens is 2. The Kier molecular flexibility index (Phi) is 4.60. The summed E-state index contributed by atoms with van der Waals surface area (Å²) in [7, 11) is -3.69. The van der Waals surface area contributed by atoms with Crippen molar-refractivity contribution in [1.29, 1.82) is 0 Å². The number of hydrogen-bond donors (Lipinski definition) is 1. The van der Waals surface area contributed by atoms with Crippen molar-refractivity contribution < 1.29 is 17.9 Å². The first-order chi connectivity index (χ1) is 8.96. The van der Waals surface area contributed by atoms with Gasteiger partial charge < -0.3 is 5.11 Å². The summed E-state index contributed by atoms with van der Waals surface area (Å²) in [6.45, 7) is 0.371. The molecule has 1 N–H and O–H groups in total. The van der Waals surface area contributed by atoms with Crippen LogP contribution in [-0.2, 0) is 10.0 Å². The van der Waals surface area contributed by atoms with Crippen molar-refractivity contribution in [3.63, 3.8) is 0 Å². The number of aliphatic hydroxyl groups excluding tert-OH is 1. The molecule has 0 aromatic heterocycles. The van der Waals surface area contributed by atoms with Crippen molar-refractivity contribution in [2.75, 3.05) is 13.2 Å². The van der Waals surface area contributed by atoms with Crippen molar-refractivity contribution in [3.8, 4) is 0 Å². The molecule has 106 valence electrons. The molecule has 0 radical (unpaired) electrons. The third kappa shape index (κ3) is 2.99. The van der Waals surface area contributed by atoms with Crippen LogP contribution >= 0.6 is 15.9 Å². The zero-order chi connectivity index (χ0) is 14.0. The van der Waals surface area contributed by atoms with Gasteiger partial charge in [0.15, 0.2) is 0 Å². The Hall–Kier alpha value is -0.500. The molecule has 19 heavy (non-hydrogen) atoms. The largest absolute Gasteiger partial charge is 0.396 e. The zero-order valence-electron chi connectivity index (χ0n) is 10.2. The molecule has 1 aliphatic heterocycles. The van der Waals surface area contributed by atoms with Gasteiger partial charge in [0, 0.05) is 19.2 Å². The maximum atomic E-state index is 13.5. The van der Waals surface area contributed by atoms with Crippen molar-refractivity contribution in [2.45, 2.75) is 30.2 Å². The molecule has 1 unspecified atom stereocenters. The summed E-state index contributed by atoms with van der Waals surface area (Å²) in [5, 5.41) is 8.97. The Bertz CT molecular complexity index is 564. The quantitative estimate of drug-likeness (QED) is 0.903. The van der Waals surface area contributed by atoms with Crippen LogP contribution in [0, 0.1) is 5.82 Å². The first kappa shape index (κ1) is 14.9. The lowest BCUT2D eigenvalue weighted by Crippen LogP contribution is -2.36. The van der Waals surface area contributed by atoms with Gasteiger partial charge in [0.1, 0.15) is 5.82 Å². The van der Waals surface area contributed by atoms with E-state index < -0.39 is 15.8 Å². The smallest absolute Gasteiger partial charge is 0.243 e. The highest BCUT2D eigenvalue weighted by molar-refractivity contribution is 9.10.